The molecule has 3 nitrogen and oxygen atoms in total. The number of nitrogens with two attached hydrogens (primary N) is 1. The van der Waals surface area contributed by atoms with Gasteiger partial charge in [-0.05, 0) is 25.9 Å². The van der Waals surface area contributed by atoms with Crippen molar-refractivity contribution in [1.82, 2.24) is 4.90 Å². The molecule has 1 atom stereocenters. The number of rotatable bonds is 2. The topological polar surface area (TPSA) is 38.5 Å². The van der Waals surface area contributed by atoms with E-state index in [9.17, 15) is 0 Å². The van der Waals surface area contributed by atoms with Crippen LogP contribution in [0.4, 0.5) is 0 Å². The SMILES string of the molecule is CN1CCC(CON)C1. The van der Waals surface area contributed by atoms with E-state index < -0.39 is 0 Å². The van der Waals surface area contributed by atoms with E-state index >= 15 is 0 Å². The lowest BCUT2D eigenvalue weighted by Gasteiger charge is -2.07. The van der Waals surface area contributed by atoms with Crippen molar-refractivity contribution < 1.29 is 4.84 Å². The molecular weight excluding hydrogens is 116 g/mol. The molecule has 1 aliphatic heterocycles. The van der Waals surface area contributed by atoms with Gasteiger partial charge >= 0.3 is 0 Å². The maximum atomic E-state index is 4.94. The summed E-state index contributed by atoms with van der Waals surface area (Å²) in [5.41, 5.74) is 0. The Hall–Kier alpha value is -0.120. The van der Waals surface area contributed by atoms with Crippen molar-refractivity contribution in [2.24, 2.45) is 11.8 Å². The van der Waals surface area contributed by atoms with Gasteiger partial charge in [-0.15, -0.1) is 0 Å². The lowest BCUT2D eigenvalue weighted by Crippen LogP contribution is -2.18. The van der Waals surface area contributed by atoms with Crippen LogP contribution in [0.2, 0.25) is 0 Å². The molecule has 0 aromatic rings. The molecule has 1 saturated heterocycles. The fraction of sp³-hybridized carbons (Fsp3) is 1.00. The Kier molecular flexibility index (Phi) is 2.45. The van der Waals surface area contributed by atoms with Crippen molar-refractivity contribution in [3.8, 4) is 0 Å². The zero-order chi connectivity index (χ0) is 6.69. The monoisotopic (exact) mass is 130 g/mol. The van der Waals surface area contributed by atoms with Crippen molar-refractivity contribution in [3.05, 3.63) is 0 Å². The molecule has 1 unspecified atom stereocenters. The predicted octanol–water partition coefficient (Wildman–Crippen LogP) is -0.172. The highest BCUT2D eigenvalue weighted by Gasteiger charge is 2.18. The van der Waals surface area contributed by atoms with Crippen LogP contribution in [0.15, 0.2) is 0 Å². The van der Waals surface area contributed by atoms with Crippen LogP contribution in [0, 0.1) is 5.92 Å². The molecule has 1 aliphatic rings. The van der Waals surface area contributed by atoms with E-state index in [4.69, 9.17) is 5.90 Å². The number of nitrogens with zero attached hydrogens (tertiary/aromatic N) is 1. The molecule has 0 saturated carbocycles. The first-order valence-corrected chi connectivity index (χ1v) is 3.33. The Labute approximate surface area is 55.7 Å². The Balaban J connectivity index is 2.14. The number of likely N-dealkylation sites (tertiary alicyclic amines) is 1. The summed E-state index contributed by atoms with van der Waals surface area (Å²) in [7, 11) is 2.12. The van der Waals surface area contributed by atoms with Gasteiger partial charge < -0.3 is 9.74 Å². The van der Waals surface area contributed by atoms with Crippen LogP contribution < -0.4 is 5.90 Å². The molecule has 1 heterocycles. The van der Waals surface area contributed by atoms with Gasteiger partial charge in [0.05, 0.1) is 6.61 Å². The Morgan fingerprint density at radius 3 is 3.00 bits per heavy atom. The minimum atomic E-state index is 0.667. The summed E-state index contributed by atoms with van der Waals surface area (Å²) in [5, 5.41) is 0. The summed E-state index contributed by atoms with van der Waals surface area (Å²) in [6.45, 7) is 3.04. The zero-order valence-electron chi connectivity index (χ0n) is 5.84. The molecule has 0 radical (unpaired) electrons. The molecular formula is C6H14N2O. The second kappa shape index (κ2) is 3.15. The molecule has 0 amide bonds. The zero-order valence-corrected chi connectivity index (χ0v) is 5.84. The molecule has 1 fully saturated rings. The van der Waals surface area contributed by atoms with Crippen LogP contribution in [0.3, 0.4) is 0 Å². The van der Waals surface area contributed by atoms with Gasteiger partial charge in [0.1, 0.15) is 0 Å². The maximum absolute atomic E-state index is 4.94. The van der Waals surface area contributed by atoms with Crippen LogP contribution in [0.5, 0.6) is 0 Å². The summed E-state index contributed by atoms with van der Waals surface area (Å²) in [4.78, 5) is 6.84. The van der Waals surface area contributed by atoms with Crippen LogP contribution in [0.1, 0.15) is 6.42 Å². The largest absolute Gasteiger partial charge is 0.306 e. The first-order valence-electron chi connectivity index (χ1n) is 3.33. The molecule has 0 bridgehead atoms. The lowest BCUT2D eigenvalue weighted by atomic mass is 10.1. The molecule has 9 heavy (non-hydrogen) atoms. The highest BCUT2D eigenvalue weighted by Crippen LogP contribution is 2.13. The minimum absolute atomic E-state index is 0.667. The first kappa shape index (κ1) is 6.99. The van der Waals surface area contributed by atoms with Gasteiger partial charge in [0, 0.05) is 6.54 Å². The van der Waals surface area contributed by atoms with Gasteiger partial charge in [-0.2, -0.15) is 0 Å². The highest BCUT2D eigenvalue weighted by atomic mass is 16.6. The first-order chi connectivity index (χ1) is 4.33. The van der Waals surface area contributed by atoms with Gasteiger partial charge in [0.2, 0.25) is 0 Å². The van der Waals surface area contributed by atoms with E-state index in [1.54, 1.807) is 0 Å². The molecule has 0 spiro atoms. The average Bonchev–Trinajstić information content (AvgIpc) is 2.17. The minimum Gasteiger partial charge on any atom is -0.306 e. The fourth-order valence-corrected chi connectivity index (χ4v) is 1.30. The van der Waals surface area contributed by atoms with E-state index in [1.165, 1.54) is 13.0 Å². The van der Waals surface area contributed by atoms with E-state index in [-0.39, 0.29) is 0 Å². The van der Waals surface area contributed by atoms with Crippen molar-refractivity contribution in [1.29, 1.82) is 0 Å². The third-order valence-electron chi connectivity index (χ3n) is 1.82. The van der Waals surface area contributed by atoms with Crippen LogP contribution >= 0.6 is 0 Å². The summed E-state index contributed by atoms with van der Waals surface area (Å²) in [5.74, 6) is 5.60. The van der Waals surface area contributed by atoms with Crippen molar-refractivity contribution >= 4 is 0 Å². The van der Waals surface area contributed by atoms with Crippen molar-refractivity contribution in [2.75, 3.05) is 26.7 Å². The summed E-state index contributed by atoms with van der Waals surface area (Å²) in [6.07, 6.45) is 1.23. The maximum Gasteiger partial charge on any atom is 0.0720 e. The van der Waals surface area contributed by atoms with E-state index in [2.05, 4.69) is 16.8 Å². The molecule has 0 aromatic carbocycles. The number of hydrogen-bond acceptors (Lipinski definition) is 3. The summed E-state index contributed by atoms with van der Waals surface area (Å²) >= 11 is 0. The van der Waals surface area contributed by atoms with Gasteiger partial charge in [0.25, 0.3) is 0 Å². The Morgan fingerprint density at radius 2 is 2.56 bits per heavy atom. The third-order valence-corrected chi connectivity index (χ3v) is 1.82. The second-order valence-corrected chi connectivity index (χ2v) is 2.75. The molecule has 1 rings (SSSR count). The molecule has 54 valence electrons. The summed E-state index contributed by atoms with van der Waals surface area (Å²) in [6, 6.07) is 0. The molecule has 3 heteroatoms. The van der Waals surface area contributed by atoms with Gasteiger partial charge in [-0.3, -0.25) is 0 Å². The quantitative estimate of drug-likeness (QED) is 0.527. The Morgan fingerprint density at radius 1 is 1.78 bits per heavy atom. The second-order valence-electron chi connectivity index (χ2n) is 2.75. The predicted molar refractivity (Wildman–Crippen MR) is 35.7 cm³/mol. The average molecular weight is 130 g/mol. The normalized spacial score (nSPS) is 29.3. The summed E-state index contributed by atoms with van der Waals surface area (Å²) < 4.78 is 0. The van der Waals surface area contributed by atoms with Crippen molar-refractivity contribution in [2.45, 2.75) is 6.42 Å². The smallest absolute Gasteiger partial charge is 0.0720 e. The molecule has 0 aliphatic carbocycles. The van der Waals surface area contributed by atoms with E-state index in [0.29, 0.717) is 12.5 Å². The molecule has 2 N–H and O–H groups in total. The highest BCUT2D eigenvalue weighted by molar-refractivity contribution is 4.71. The van der Waals surface area contributed by atoms with Crippen LogP contribution in [-0.4, -0.2) is 31.6 Å². The van der Waals surface area contributed by atoms with E-state index in [0.717, 1.165) is 6.54 Å². The van der Waals surface area contributed by atoms with E-state index in [1.807, 2.05) is 0 Å². The van der Waals surface area contributed by atoms with Crippen LogP contribution in [-0.2, 0) is 4.84 Å². The lowest BCUT2D eigenvalue weighted by molar-refractivity contribution is 0.104. The van der Waals surface area contributed by atoms with Crippen molar-refractivity contribution in [3.63, 3.8) is 0 Å². The van der Waals surface area contributed by atoms with Crippen LogP contribution in [0.25, 0.3) is 0 Å². The fourth-order valence-electron chi connectivity index (χ4n) is 1.30. The third kappa shape index (κ3) is 1.93. The number of hydrogen-bond donors (Lipinski definition) is 1. The van der Waals surface area contributed by atoms with Gasteiger partial charge in [-0.1, -0.05) is 0 Å². The standard InChI is InChI=1S/C6H14N2O/c1-8-3-2-6(4-8)5-9-7/h6H,2-5,7H2,1H3. The molecule has 0 aromatic heterocycles. The van der Waals surface area contributed by atoms with Gasteiger partial charge in [-0.25, -0.2) is 5.90 Å². The Bertz CT molecular complexity index is 85.1. The van der Waals surface area contributed by atoms with Gasteiger partial charge in [0.15, 0.2) is 0 Å².